The molecule has 0 aromatic carbocycles. The maximum Gasteiger partial charge on any atom is 0.343 e. The van der Waals surface area contributed by atoms with Crippen LogP contribution >= 0.6 is 11.3 Å². The fraction of sp³-hybridized carbons (Fsp3) is 0.600. The molecule has 0 aliphatic carbocycles. The summed E-state index contributed by atoms with van der Waals surface area (Å²) in [6, 6.07) is 0.205. The first-order valence-corrected chi connectivity index (χ1v) is 7.99. The molecule has 0 fully saturated rings. The molecule has 21 heavy (non-hydrogen) atoms. The molecule has 0 aliphatic heterocycles. The van der Waals surface area contributed by atoms with Crippen LogP contribution in [0.5, 0.6) is 0 Å². The highest BCUT2D eigenvalue weighted by atomic mass is 32.1. The molecule has 0 amide bonds. The second-order valence-electron chi connectivity index (χ2n) is 5.22. The third-order valence-electron chi connectivity index (χ3n) is 3.47. The number of ketones is 1. The number of carbonyl (C=O) groups is 2. The summed E-state index contributed by atoms with van der Waals surface area (Å²) in [5, 5.41) is 3.96. The Morgan fingerprint density at radius 1 is 1.33 bits per heavy atom. The van der Waals surface area contributed by atoms with E-state index in [0.29, 0.717) is 22.2 Å². The topological polar surface area (TPSA) is 81.4 Å². The number of thiophene rings is 1. The predicted molar refractivity (Wildman–Crippen MR) is 87.2 cm³/mol. The molecule has 1 heterocycles. The van der Waals surface area contributed by atoms with Crippen LogP contribution in [0.2, 0.25) is 0 Å². The lowest BCUT2D eigenvalue weighted by molar-refractivity contribution is 0.0603. The summed E-state index contributed by atoms with van der Waals surface area (Å²) in [4.78, 5) is 24.4. The molecular formula is C15H24N2O3S. The van der Waals surface area contributed by atoms with Crippen molar-refractivity contribution in [3.63, 3.8) is 0 Å². The molecule has 0 bridgehead atoms. The molecular weight excluding hydrogens is 288 g/mol. The van der Waals surface area contributed by atoms with Gasteiger partial charge in [0.05, 0.1) is 17.7 Å². The average Bonchev–Trinajstić information content (AvgIpc) is 2.79. The summed E-state index contributed by atoms with van der Waals surface area (Å²) in [6.45, 7) is 8.06. The van der Waals surface area contributed by atoms with Crippen molar-refractivity contribution >= 4 is 33.8 Å². The molecule has 1 rings (SSSR count). The standard InChI is InChI=1S/C15H24N2O3S/c1-6-9(8(3)4)17-14-11(15(19)20-5)12(16)13(21-14)10(18)7-2/h8-9,17H,6-7,16H2,1-5H3. The Kier molecular flexibility index (Phi) is 6.20. The number of methoxy groups -OCH3 is 1. The third-order valence-corrected chi connectivity index (χ3v) is 4.65. The minimum absolute atomic E-state index is 0.0618. The number of nitrogen functional groups attached to an aromatic ring is 1. The summed E-state index contributed by atoms with van der Waals surface area (Å²) in [7, 11) is 1.31. The van der Waals surface area contributed by atoms with Gasteiger partial charge in [-0.3, -0.25) is 4.79 Å². The van der Waals surface area contributed by atoms with E-state index >= 15 is 0 Å². The zero-order chi connectivity index (χ0) is 16.2. The number of hydrogen-bond donors (Lipinski definition) is 2. The summed E-state index contributed by atoms with van der Waals surface area (Å²) >= 11 is 1.24. The second-order valence-corrected chi connectivity index (χ2v) is 6.24. The first-order valence-electron chi connectivity index (χ1n) is 7.17. The maximum atomic E-state index is 12.0. The van der Waals surface area contributed by atoms with Crippen LogP contribution in [0.25, 0.3) is 0 Å². The van der Waals surface area contributed by atoms with E-state index in [1.165, 1.54) is 18.4 Å². The molecule has 1 aromatic heterocycles. The van der Waals surface area contributed by atoms with Crippen LogP contribution in [0.15, 0.2) is 0 Å². The van der Waals surface area contributed by atoms with Gasteiger partial charge in [0.25, 0.3) is 0 Å². The van der Waals surface area contributed by atoms with Crippen LogP contribution in [-0.4, -0.2) is 24.9 Å². The Bertz CT molecular complexity index is 523. The van der Waals surface area contributed by atoms with Gasteiger partial charge in [-0.1, -0.05) is 27.7 Å². The number of Topliss-reactive ketones (excluding diaryl/α,β-unsaturated/α-hetero) is 1. The van der Waals surface area contributed by atoms with Gasteiger partial charge in [-0.25, -0.2) is 4.79 Å². The lowest BCUT2D eigenvalue weighted by Gasteiger charge is -2.21. The van der Waals surface area contributed by atoms with Crippen molar-refractivity contribution in [2.45, 2.75) is 46.6 Å². The molecule has 1 unspecified atom stereocenters. The number of esters is 1. The number of nitrogens with one attached hydrogen (secondary N) is 1. The van der Waals surface area contributed by atoms with Crippen molar-refractivity contribution in [2.75, 3.05) is 18.2 Å². The normalized spacial score (nSPS) is 12.3. The molecule has 1 atom stereocenters. The number of hydrogen-bond acceptors (Lipinski definition) is 6. The SMILES string of the molecule is CCC(=O)c1sc(NC(CC)C(C)C)c(C(=O)OC)c1N. The quantitative estimate of drug-likeness (QED) is 0.594. The van der Waals surface area contributed by atoms with Crippen molar-refractivity contribution in [2.24, 2.45) is 5.92 Å². The van der Waals surface area contributed by atoms with E-state index in [0.717, 1.165) is 6.42 Å². The summed E-state index contributed by atoms with van der Waals surface area (Å²) in [5.74, 6) is -0.178. The number of ether oxygens (including phenoxy) is 1. The van der Waals surface area contributed by atoms with Crippen molar-refractivity contribution in [3.05, 3.63) is 10.4 Å². The van der Waals surface area contributed by atoms with Gasteiger partial charge in [-0.15, -0.1) is 11.3 Å². The molecule has 118 valence electrons. The highest BCUT2D eigenvalue weighted by Gasteiger charge is 2.27. The Balaban J connectivity index is 3.29. The molecule has 0 saturated heterocycles. The van der Waals surface area contributed by atoms with Crippen LogP contribution in [0, 0.1) is 5.92 Å². The molecule has 3 N–H and O–H groups in total. The van der Waals surface area contributed by atoms with Crippen molar-refractivity contribution in [1.82, 2.24) is 0 Å². The Labute approximate surface area is 129 Å². The van der Waals surface area contributed by atoms with Crippen molar-refractivity contribution < 1.29 is 14.3 Å². The Morgan fingerprint density at radius 3 is 2.38 bits per heavy atom. The van der Waals surface area contributed by atoms with Crippen LogP contribution in [-0.2, 0) is 4.74 Å². The number of carbonyl (C=O) groups excluding carboxylic acids is 2. The van der Waals surface area contributed by atoms with Crippen molar-refractivity contribution in [1.29, 1.82) is 0 Å². The van der Waals surface area contributed by atoms with Gasteiger partial charge >= 0.3 is 5.97 Å². The van der Waals surface area contributed by atoms with Crippen LogP contribution < -0.4 is 11.1 Å². The van der Waals surface area contributed by atoms with Gasteiger partial charge in [-0.05, 0) is 12.3 Å². The van der Waals surface area contributed by atoms with E-state index in [2.05, 4.69) is 26.1 Å². The zero-order valence-corrected chi connectivity index (χ0v) is 14.1. The highest BCUT2D eigenvalue weighted by molar-refractivity contribution is 7.19. The monoisotopic (exact) mass is 312 g/mol. The Morgan fingerprint density at radius 2 is 1.95 bits per heavy atom. The number of nitrogens with two attached hydrogens (primary N) is 1. The zero-order valence-electron chi connectivity index (χ0n) is 13.3. The number of rotatable bonds is 7. The van der Waals surface area contributed by atoms with E-state index in [1.54, 1.807) is 6.92 Å². The van der Waals surface area contributed by atoms with E-state index in [1.807, 2.05) is 0 Å². The third kappa shape index (κ3) is 3.75. The minimum atomic E-state index is -0.514. The van der Waals surface area contributed by atoms with Crippen molar-refractivity contribution in [3.8, 4) is 0 Å². The average molecular weight is 312 g/mol. The first kappa shape index (κ1) is 17.5. The second kappa shape index (κ2) is 7.45. The molecule has 0 saturated carbocycles. The Hall–Kier alpha value is -1.56. The van der Waals surface area contributed by atoms with Crippen LogP contribution in [0.3, 0.4) is 0 Å². The van der Waals surface area contributed by atoms with E-state index in [-0.39, 0.29) is 23.1 Å². The van der Waals surface area contributed by atoms with E-state index in [4.69, 9.17) is 10.5 Å². The lowest BCUT2D eigenvalue weighted by Crippen LogP contribution is -2.25. The van der Waals surface area contributed by atoms with Crippen LogP contribution in [0.1, 0.15) is 60.6 Å². The number of anilines is 2. The molecule has 6 heteroatoms. The smallest absolute Gasteiger partial charge is 0.343 e. The fourth-order valence-corrected chi connectivity index (χ4v) is 3.31. The largest absolute Gasteiger partial charge is 0.465 e. The maximum absolute atomic E-state index is 12.0. The van der Waals surface area contributed by atoms with E-state index < -0.39 is 5.97 Å². The predicted octanol–water partition coefficient (Wildman–Crippen LogP) is 3.56. The van der Waals surface area contributed by atoms with E-state index in [9.17, 15) is 9.59 Å². The molecule has 0 aliphatic rings. The fourth-order valence-electron chi connectivity index (χ4n) is 2.13. The van der Waals surface area contributed by atoms with Gasteiger partial charge in [0.15, 0.2) is 5.78 Å². The van der Waals surface area contributed by atoms with Gasteiger partial charge in [0.1, 0.15) is 10.6 Å². The molecule has 1 aromatic rings. The van der Waals surface area contributed by atoms with Gasteiger partial charge in [-0.2, -0.15) is 0 Å². The molecule has 5 nitrogen and oxygen atoms in total. The van der Waals surface area contributed by atoms with Gasteiger partial charge < -0.3 is 15.8 Å². The van der Waals surface area contributed by atoms with Gasteiger partial charge in [0, 0.05) is 12.5 Å². The molecule has 0 radical (unpaired) electrons. The molecule has 0 spiro atoms. The highest BCUT2D eigenvalue weighted by Crippen LogP contribution is 2.38. The first-order chi connectivity index (χ1) is 9.87. The lowest BCUT2D eigenvalue weighted by atomic mass is 10.0. The summed E-state index contributed by atoms with van der Waals surface area (Å²) in [5.41, 5.74) is 6.50. The summed E-state index contributed by atoms with van der Waals surface area (Å²) < 4.78 is 4.80. The van der Waals surface area contributed by atoms with Crippen LogP contribution in [0.4, 0.5) is 10.7 Å². The van der Waals surface area contributed by atoms with Gasteiger partial charge in [0.2, 0.25) is 0 Å². The summed E-state index contributed by atoms with van der Waals surface area (Å²) in [6.07, 6.45) is 1.26. The minimum Gasteiger partial charge on any atom is -0.465 e.